The number of carboxylic acid groups (broad SMARTS) is 1. The van der Waals surface area contributed by atoms with Crippen LogP contribution in [0.1, 0.15) is 28.5 Å². The molecule has 0 spiro atoms. The van der Waals surface area contributed by atoms with E-state index in [0.29, 0.717) is 38.8 Å². The monoisotopic (exact) mass is 495 g/mol. The maximum Gasteiger partial charge on any atom is 0.203 e. The van der Waals surface area contributed by atoms with Crippen molar-refractivity contribution in [1.29, 1.82) is 0 Å². The number of methoxy groups -OCH3 is 3. The normalized spacial score (nSPS) is 14.9. The number of hydrogen-bond donors (Lipinski definition) is 0. The second kappa shape index (κ2) is 10.00. The lowest BCUT2D eigenvalue weighted by molar-refractivity contribution is -0.308. The molecule has 1 aliphatic carbocycles. The summed E-state index contributed by atoms with van der Waals surface area (Å²) in [7, 11) is 4.51. The Morgan fingerprint density at radius 2 is 1.80 bits per heavy atom. The average Bonchev–Trinajstić information content (AvgIpc) is 3.01. The molecule has 182 valence electrons. The number of aliphatic carboxylic acids is 1. The van der Waals surface area contributed by atoms with E-state index in [4.69, 9.17) is 14.2 Å². The molecule has 3 aromatic carbocycles. The Bertz CT molecular complexity index is 1360. The highest BCUT2D eigenvalue weighted by atomic mass is 32.2. The number of hydrogen-bond acceptors (Lipinski definition) is 7. The van der Waals surface area contributed by atoms with Crippen molar-refractivity contribution in [2.75, 3.05) is 27.6 Å². The predicted octanol–water partition coefficient (Wildman–Crippen LogP) is 3.77. The molecule has 3 aromatic rings. The average molecular weight is 496 g/mol. The van der Waals surface area contributed by atoms with Gasteiger partial charge in [0.1, 0.15) is 5.82 Å². The molecule has 0 radical (unpaired) electrons. The Balaban J connectivity index is 2.08. The van der Waals surface area contributed by atoms with Gasteiger partial charge in [0.25, 0.3) is 0 Å². The van der Waals surface area contributed by atoms with Crippen LogP contribution in [0.5, 0.6) is 17.2 Å². The van der Waals surface area contributed by atoms with Gasteiger partial charge >= 0.3 is 0 Å². The van der Waals surface area contributed by atoms with Gasteiger partial charge in [-0.05, 0) is 65.3 Å². The molecule has 0 aliphatic heterocycles. The fourth-order valence-electron chi connectivity index (χ4n) is 4.87. The highest BCUT2D eigenvalue weighted by Gasteiger charge is 2.36. The number of halogens is 1. The van der Waals surface area contributed by atoms with E-state index in [1.54, 1.807) is 30.5 Å². The molecule has 8 heteroatoms. The van der Waals surface area contributed by atoms with Crippen LogP contribution in [0.25, 0.3) is 11.1 Å². The van der Waals surface area contributed by atoms with Crippen LogP contribution in [0.2, 0.25) is 0 Å². The van der Waals surface area contributed by atoms with Crippen molar-refractivity contribution in [2.24, 2.45) is 0 Å². The maximum absolute atomic E-state index is 14.1. The molecule has 0 saturated heterocycles. The Hall–Kier alpha value is -3.52. The Morgan fingerprint density at radius 1 is 1.06 bits per heavy atom. The first-order chi connectivity index (χ1) is 16.8. The lowest BCUT2D eigenvalue weighted by Crippen LogP contribution is -2.35. The fraction of sp³-hybridized carbons (Fsp3) is 0.259. The molecule has 0 fully saturated rings. The van der Waals surface area contributed by atoms with E-state index in [1.807, 2.05) is 0 Å². The molecule has 2 unspecified atom stereocenters. The Labute approximate surface area is 206 Å². The van der Waals surface area contributed by atoms with Crippen LogP contribution < -0.4 is 24.7 Å². The van der Waals surface area contributed by atoms with Crippen LogP contribution in [0.3, 0.4) is 0 Å². The van der Waals surface area contributed by atoms with Crippen molar-refractivity contribution in [3.8, 4) is 28.4 Å². The first-order valence-corrected chi connectivity index (χ1v) is 12.1. The number of carbonyl (C=O) groups is 1. The largest absolute Gasteiger partial charge is 0.549 e. The molecule has 1 aliphatic rings. The lowest BCUT2D eigenvalue weighted by atomic mass is 9.71. The molecule has 35 heavy (non-hydrogen) atoms. The second-order valence-corrected chi connectivity index (χ2v) is 8.97. The van der Waals surface area contributed by atoms with Crippen molar-refractivity contribution in [3.05, 3.63) is 81.3 Å². The first-order valence-electron chi connectivity index (χ1n) is 10.8. The molecule has 0 amide bonds. The van der Waals surface area contributed by atoms with Gasteiger partial charge in [0, 0.05) is 23.4 Å². The zero-order valence-corrected chi connectivity index (χ0v) is 20.5. The number of ether oxygens (including phenoxy) is 3. The number of benzene rings is 2. The number of rotatable bonds is 7. The molecular formula is C27H24FO6S-. The summed E-state index contributed by atoms with van der Waals surface area (Å²) in [5.74, 6) is -2.58. The van der Waals surface area contributed by atoms with Gasteiger partial charge in [-0.1, -0.05) is 18.2 Å². The van der Waals surface area contributed by atoms with Gasteiger partial charge in [-0.3, -0.25) is 4.79 Å². The minimum atomic E-state index is -1.36. The summed E-state index contributed by atoms with van der Waals surface area (Å²) in [5, 5.41) is 12.5. The van der Waals surface area contributed by atoms with Crippen LogP contribution in [0.4, 0.5) is 4.39 Å². The third-order valence-corrected chi connectivity index (χ3v) is 7.12. The number of carboxylic acids is 1. The van der Waals surface area contributed by atoms with Crippen LogP contribution in [0, 0.1) is 5.82 Å². The van der Waals surface area contributed by atoms with Gasteiger partial charge in [-0.25, -0.2) is 4.39 Å². The highest BCUT2D eigenvalue weighted by Crippen LogP contribution is 2.53. The van der Waals surface area contributed by atoms with E-state index in [2.05, 4.69) is 0 Å². The van der Waals surface area contributed by atoms with Crippen molar-refractivity contribution in [1.82, 2.24) is 0 Å². The topological polar surface area (TPSA) is 84.9 Å². The fourth-order valence-corrected chi connectivity index (χ4v) is 5.33. The predicted molar refractivity (Wildman–Crippen MR) is 130 cm³/mol. The second-order valence-electron chi connectivity index (χ2n) is 8.12. The van der Waals surface area contributed by atoms with Gasteiger partial charge in [-0.2, -0.15) is 0 Å². The van der Waals surface area contributed by atoms with E-state index in [9.17, 15) is 19.1 Å². The van der Waals surface area contributed by atoms with Gasteiger partial charge in [0.15, 0.2) is 16.9 Å². The van der Waals surface area contributed by atoms with Crippen molar-refractivity contribution in [2.45, 2.75) is 23.2 Å². The van der Waals surface area contributed by atoms with Crippen LogP contribution >= 0.6 is 11.8 Å². The van der Waals surface area contributed by atoms with Crippen molar-refractivity contribution >= 4 is 17.7 Å². The summed E-state index contributed by atoms with van der Waals surface area (Å²) in [6.07, 6.45) is 2.03. The van der Waals surface area contributed by atoms with E-state index in [1.165, 1.54) is 57.4 Å². The van der Waals surface area contributed by atoms with E-state index >= 15 is 0 Å². The SMILES string of the molecule is COc1cc2c(c(OC)c1OC)-c1ccc(SC)c(=O)cc1C(C(C(=O)[O-])c1cccc(F)c1)C2. The van der Waals surface area contributed by atoms with Gasteiger partial charge in [0.2, 0.25) is 5.75 Å². The maximum atomic E-state index is 14.1. The summed E-state index contributed by atoms with van der Waals surface area (Å²) in [4.78, 5) is 26.0. The van der Waals surface area contributed by atoms with Crippen LogP contribution in [-0.2, 0) is 11.2 Å². The van der Waals surface area contributed by atoms with Crippen molar-refractivity contribution in [3.63, 3.8) is 0 Å². The molecule has 0 saturated carbocycles. The number of fused-ring (bicyclic) bond motifs is 3. The van der Waals surface area contributed by atoms with Gasteiger partial charge in [-0.15, -0.1) is 11.8 Å². The molecule has 0 heterocycles. The third kappa shape index (κ3) is 4.34. The summed E-state index contributed by atoms with van der Waals surface area (Å²) in [6, 6.07) is 12.2. The number of carbonyl (C=O) groups excluding carboxylic acids is 1. The first kappa shape index (κ1) is 24.6. The van der Waals surface area contributed by atoms with Crippen molar-refractivity contribution < 1.29 is 28.5 Å². The minimum absolute atomic E-state index is 0.228. The Kier molecular flexibility index (Phi) is 7.03. The minimum Gasteiger partial charge on any atom is -0.549 e. The summed E-state index contributed by atoms with van der Waals surface area (Å²) in [6.45, 7) is 0. The van der Waals surface area contributed by atoms with Crippen LogP contribution in [-0.4, -0.2) is 33.6 Å². The molecule has 2 atom stereocenters. The molecule has 6 nitrogen and oxygen atoms in total. The molecular weight excluding hydrogens is 471 g/mol. The third-order valence-electron chi connectivity index (χ3n) is 6.35. The molecule has 0 bridgehead atoms. The lowest BCUT2D eigenvalue weighted by Gasteiger charge is -2.35. The number of thioether (sulfide) groups is 1. The molecule has 0 N–H and O–H groups in total. The quantitative estimate of drug-likeness (QED) is 0.461. The summed E-state index contributed by atoms with van der Waals surface area (Å²) in [5.41, 5.74) is 2.63. The molecule has 4 rings (SSSR count). The highest BCUT2D eigenvalue weighted by molar-refractivity contribution is 7.98. The molecule has 0 aromatic heterocycles. The van der Waals surface area contributed by atoms with Gasteiger partial charge in [0.05, 0.1) is 26.2 Å². The van der Waals surface area contributed by atoms with Gasteiger partial charge < -0.3 is 24.1 Å². The zero-order chi connectivity index (χ0) is 25.3. The summed E-state index contributed by atoms with van der Waals surface area (Å²) < 4.78 is 30.9. The zero-order valence-electron chi connectivity index (χ0n) is 19.7. The summed E-state index contributed by atoms with van der Waals surface area (Å²) >= 11 is 1.30. The van der Waals surface area contributed by atoms with Crippen LogP contribution in [0.15, 0.2) is 58.2 Å². The Morgan fingerprint density at radius 3 is 2.40 bits per heavy atom. The van der Waals surface area contributed by atoms with E-state index in [-0.39, 0.29) is 17.4 Å². The van der Waals surface area contributed by atoms with E-state index < -0.39 is 23.6 Å². The standard InChI is InChI=1S/C27H25FO6S/c1-32-21-12-15-11-19(24(27(30)31)14-6-5-7-16(28)10-14)18-13-20(29)22(35-4)9-8-17(18)23(15)26(34-3)25(21)33-2/h5-10,12-13,19,24H,11H2,1-4H3,(H,30,31)/p-1. The van der Waals surface area contributed by atoms with E-state index in [0.717, 1.165) is 5.56 Å². The smallest absolute Gasteiger partial charge is 0.203 e.